The molecule has 2 aliphatic rings. The van der Waals surface area contributed by atoms with E-state index >= 15 is 0 Å². The Hall–Kier alpha value is -2.66. The van der Waals surface area contributed by atoms with Crippen LogP contribution in [0.4, 0.5) is 0 Å². The van der Waals surface area contributed by atoms with Crippen molar-refractivity contribution in [1.29, 1.82) is 0 Å². The molecule has 4 rings (SSSR count). The summed E-state index contributed by atoms with van der Waals surface area (Å²) in [7, 11) is 2.17. The summed E-state index contributed by atoms with van der Waals surface area (Å²) in [6.07, 6.45) is 15.5. The van der Waals surface area contributed by atoms with Crippen LogP contribution in [0.2, 0.25) is 0 Å². The van der Waals surface area contributed by atoms with Crippen molar-refractivity contribution in [3.63, 3.8) is 0 Å². The highest BCUT2D eigenvalue weighted by atomic mass is 16.2. The average Bonchev–Trinajstić information content (AvgIpc) is 3.20. The van der Waals surface area contributed by atoms with E-state index in [1.165, 1.54) is 11.1 Å². The number of carbonyl (C=O) groups is 1. The fourth-order valence-corrected chi connectivity index (χ4v) is 4.64. The van der Waals surface area contributed by atoms with Crippen LogP contribution >= 0.6 is 0 Å². The first-order valence-corrected chi connectivity index (χ1v) is 12.4. The number of imidazole rings is 1. The zero-order chi connectivity index (χ0) is 24.1. The second-order valence-corrected chi connectivity index (χ2v) is 9.12. The van der Waals surface area contributed by atoms with Crippen LogP contribution in [0.1, 0.15) is 64.3 Å². The lowest BCUT2D eigenvalue weighted by Gasteiger charge is -2.30. The van der Waals surface area contributed by atoms with E-state index in [2.05, 4.69) is 72.7 Å². The van der Waals surface area contributed by atoms with Crippen LogP contribution in [0, 0.1) is 12.8 Å². The second-order valence-electron chi connectivity index (χ2n) is 9.12. The molecule has 0 aliphatic carbocycles. The lowest BCUT2D eigenvalue weighted by Crippen LogP contribution is -2.34. The molecule has 5 heteroatoms. The maximum absolute atomic E-state index is 13.2. The molecule has 1 amide bonds. The van der Waals surface area contributed by atoms with Crippen molar-refractivity contribution in [3.05, 3.63) is 65.3 Å². The quantitative estimate of drug-likeness (QED) is 0.568. The van der Waals surface area contributed by atoms with Gasteiger partial charge in [-0.1, -0.05) is 38.5 Å². The molecule has 0 bridgehead atoms. The third-order valence-corrected chi connectivity index (χ3v) is 6.70. The number of allylic oxidation sites excluding steroid dienone is 3. The zero-order valence-corrected chi connectivity index (χ0v) is 21.4. The van der Waals surface area contributed by atoms with Gasteiger partial charge in [0.1, 0.15) is 5.65 Å². The topological polar surface area (TPSA) is 40.9 Å². The molecule has 0 N–H and O–H groups in total. The van der Waals surface area contributed by atoms with Crippen molar-refractivity contribution in [3.8, 4) is 0 Å². The summed E-state index contributed by atoms with van der Waals surface area (Å²) in [5, 5.41) is 0. The molecule has 0 saturated carbocycles. The van der Waals surface area contributed by atoms with Crippen molar-refractivity contribution < 1.29 is 4.79 Å². The van der Waals surface area contributed by atoms with Gasteiger partial charge in [-0.05, 0) is 83.3 Å². The molecule has 2 aromatic heterocycles. The number of hydrogen-bond donors (Lipinski definition) is 0. The Bertz CT molecular complexity index is 1070. The number of fused-ring (bicyclic) bond motifs is 1. The summed E-state index contributed by atoms with van der Waals surface area (Å²) >= 11 is 0. The van der Waals surface area contributed by atoms with E-state index in [0.717, 1.165) is 54.8 Å². The number of pyridine rings is 1. The highest BCUT2D eigenvalue weighted by Gasteiger charge is 2.23. The lowest BCUT2D eigenvalue weighted by atomic mass is 9.90. The van der Waals surface area contributed by atoms with Crippen LogP contribution in [0.3, 0.4) is 0 Å². The Morgan fingerprint density at radius 2 is 1.91 bits per heavy atom. The molecule has 33 heavy (non-hydrogen) atoms. The summed E-state index contributed by atoms with van der Waals surface area (Å²) in [6, 6.07) is 2.25. The van der Waals surface area contributed by atoms with Crippen LogP contribution in [-0.2, 0) is 11.2 Å². The zero-order valence-electron chi connectivity index (χ0n) is 21.4. The number of nitrogens with zero attached hydrogens (tertiary/aromatic N) is 4. The smallest absolute Gasteiger partial charge is 0.251 e. The van der Waals surface area contributed by atoms with Crippen LogP contribution in [-0.4, -0.2) is 51.3 Å². The minimum absolute atomic E-state index is 0.0441. The molecule has 2 aliphatic heterocycles. The molecule has 5 nitrogen and oxygen atoms in total. The molecule has 1 fully saturated rings. The molecule has 0 radical (unpaired) electrons. The van der Waals surface area contributed by atoms with Crippen molar-refractivity contribution in [1.82, 2.24) is 19.2 Å². The predicted molar refractivity (Wildman–Crippen MR) is 138 cm³/mol. The van der Waals surface area contributed by atoms with Gasteiger partial charge in [-0.25, -0.2) is 4.98 Å². The Morgan fingerprint density at radius 3 is 2.58 bits per heavy atom. The summed E-state index contributed by atoms with van der Waals surface area (Å²) in [6.45, 7) is 14.6. The van der Waals surface area contributed by atoms with Crippen molar-refractivity contribution in [2.75, 3.05) is 20.1 Å². The fourth-order valence-electron chi connectivity index (χ4n) is 4.64. The van der Waals surface area contributed by atoms with Gasteiger partial charge in [0.15, 0.2) is 0 Å². The van der Waals surface area contributed by atoms with Gasteiger partial charge in [-0.2, -0.15) is 0 Å². The molecule has 1 unspecified atom stereocenters. The number of carbonyl (C=O) groups excluding carboxylic acids is 1. The van der Waals surface area contributed by atoms with Gasteiger partial charge in [-0.15, -0.1) is 0 Å². The summed E-state index contributed by atoms with van der Waals surface area (Å²) < 4.78 is 2.10. The Balaban J connectivity index is 0.00000149. The number of rotatable bonds is 4. The molecule has 2 aromatic rings. The Labute approximate surface area is 199 Å². The van der Waals surface area contributed by atoms with Gasteiger partial charge in [0.2, 0.25) is 0 Å². The van der Waals surface area contributed by atoms with E-state index in [0.29, 0.717) is 5.92 Å². The molecular weight excluding hydrogens is 408 g/mol. The van der Waals surface area contributed by atoms with E-state index < -0.39 is 0 Å². The summed E-state index contributed by atoms with van der Waals surface area (Å²) in [5.41, 5.74) is 6.62. The third kappa shape index (κ3) is 5.64. The third-order valence-electron chi connectivity index (χ3n) is 6.70. The monoisotopic (exact) mass is 448 g/mol. The number of hydrogen-bond acceptors (Lipinski definition) is 3. The molecule has 0 spiro atoms. The minimum Gasteiger partial charge on any atom is -0.308 e. The van der Waals surface area contributed by atoms with Gasteiger partial charge in [0, 0.05) is 30.2 Å². The number of aryl methyl sites for hydroxylation is 2. The van der Waals surface area contributed by atoms with Crippen molar-refractivity contribution in [2.24, 2.45) is 5.92 Å². The molecule has 1 atom stereocenters. The van der Waals surface area contributed by atoms with Crippen LogP contribution in [0.15, 0.2) is 48.5 Å². The minimum atomic E-state index is 0.0441. The van der Waals surface area contributed by atoms with E-state index in [-0.39, 0.29) is 11.9 Å². The number of likely N-dealkylation sites (tertiary alicyclic amines) is 1. The Morgan fingerprint density at radius 1 is 1.21 bits per heavy atom. The summed E-state index contributed by atoms with van der Waals surface area (Å²) in [5.74, 6) is 0.583. The summed E-state index contributed by atoms with van der Waals surface area (Å²) in [4.78, 5) is 22.1. The van der Waals surface area contributed by atoms with Crippen LogP contribution < -0.4 is 0 Å². The van der Waals surface area contributed by atoms with E-state index in [1.54, 1.807) is 0 Å². The number of amides is 1. The normalized spacial score (nSPS) is 20.0. The maximum Gasteiger partial charge on any atom is 0.251 e. The first kappa shape index (κ1) is 25.0. The maximum atomic E-state index is 13.2. The van der Waals surface area contributed by atoms with Gasteiger partial charge in [0.25, 0.3) is 5.91 Å². The lowest BCUT2D eigenvalue weighted by molar-refractivity contribution is -0.124. The SMILES string of the molecule is CC.CCc1cc(C2=CN(C(=O)/C=C(\C)C3CCN(C)CC3)C(C)C=C2)cn2cc(C)nc12. The molecular formula is C28H40N4O. The second kappa shape index (κ2) is 11.0. The van der Waals surface area contributed by atoms with E-state index in [9.17, 15) is 4.79 Å². The van der Waals surface area contributed by atoms with E-state index in [1.807, 2.05) is 37.9 Å². The first-order chi connectivity index (χ1) is 15.9. The fraction of sp³-hybridized carbons (Fsp3) is 0.500. The van der Waals surface area contributed by atoms with E-state index in [4.69, 9.17) is 0 Å². The Kier molecular flexibility index (Phi) is 8.30. The van der Waals surface area contributed by atoms with Crippen LogP contribution in [0.25, 0.3) is 11.2 Å². The number of piperidine rings is 1. The van der Waals surface area contributed by atoms with Crippen LogP contribution in [0.5, 0.6) is 0 Å². The van der Waals surface area contributed by atoms with Gasteiger partial charge >= 0.3 is 0 Å². The molecule has 4 heterocycles. The van der Waals surface area contributed by atoms with Gasteiger partial charge in [0.05, 0.1) is 11.7 Å². The molecule has 178 valence electrons. The van der Waals surface area contributed by atoms with Crippen molar-refractivity contribution in [2.45, 2.75) is 66.8 Å². The first-order valence-electron chi connectivity index (χ1n) is 12.4. The van der Waals surface area contributed by atoms with Crippen molar-refractivity contribution >= 4 is 17.1 Å². The molecule has 1 saturated heterocycles. The van der Waals surface area contributed by atoms with Gasteiger partial charge in [-0.3, -0.25) is 4.79 Å². The predicted octanol–water partition coefficient (Wildman–Crippen LogP) is 5.65. The van der Waals surface area contributed by atoms with Gasteiger partial charge < -0.3 is 14.2 Å². The standard InChI is InChI=1S/C26H34N4O.C2H6/c1-6-21-14-24(16-29-15-19(3)27-26(21)29)23-8-7-20(4)30(17-23)25(31)13-18(2)22-9-11-28(5)12-10-22;1-2/h7-8,13-17,20,22H,6,9-12H2,1-5H3;1-2H3/b18-13+;. The largest absolute Gasteiger partial charge is 0.308 e. The highest BCUT2D eigenvalue weighted by molar-refractivity contribution is 5.92. The average molecular weight is 449 g/mol. The highest BCUT2D eigenvalue weighted by Crippen LogP contribution is 2.27. The molecule has 0 aromatic carbocycles. The number of aromatic nitrogens is 2.